The quantitative estimate of drug-likeness (QED) is 0.103. The van der Waals surface area contributed by atoms with Crippen molar-refractivity contribution < 1.29 is 37.8 Å². The summed E-state index contributed by atoms with van der Waals surface area (Å²) in [4.78, 5) is 55.6. The summed E-state index contributed by atoms with van der Waals surface area (Å²) in [5, 5.41) is 9.13. The van der Waals surface area contributed by atoms with E-state index >= 15 is 0 Å². The van der Waals surface area contributed by atoms with Gasteiger partial charge in [-0.2, -0.15) is 0 Å². The summed E-state index contributed by atoms with van der Waals surface area (Å²) in [7, 11) is -0.508. The van der Waals surface area contributed by atoms with Gasteiger partial charge in [-0.15, -0.1) is 0 Å². The normalized spacial score (nSPS) is 25.4. The minimum atomic E-state index is -2.02. The van der Waals surface area contributed by atoms with Crippen LogP contribution in [0.15, 0.2) is 54.6 Å². The van der Waals surface area contributed by atoms with Crippen LogP contribution in [0.1, 0.15) is 126 Å². The molecule has 2 aromatic carbocycles. The molecule has 3 amide bonds. The lowest BCUT2D eigenvalue weighted by Crippen LogP contribution is -2.58. The van der Waals surface area contributed by atoms with Crippen LogP contribution in [0.5, 0.6) is 5.75 Å². The van der Waals surface area contributed by atoms with Gasteiger partial charge in [-0.25, -0.2) is 4.79 Å². The van der Waals surface area contributed by atoms with Gasteiger partial charge in [0.1, 0.15) is 30.0 Å². The zero-order chi connectivity index (χ0) is 45.6. The van der Waals surface area contributed by atoms with Gasteiger partial charge in [0.2, 0.25) is 26.0 Å². The maximum atomic E-state index is 14.1. The van der Waals surface area contributed by atoms with Gasteiger partial charge in [0, 0.05) is 24.8 Å². The molecule has 0 bridgehead atoms. The Balaban J connectivity index is 1.60. The van der Waals surface area contributed by atoms with E-state index < -0.39 is 61.7 Å². The number of carbonyl (C=O) groups is 4. The first-order chi connectivity index (χ1) is 28.4. The number of hydrogen-bond donors (Lipinski definition) is 3. The smallest absolute Gasteiger partial charge is 0.328 e. The van der Waals surface area contributed by atoms with Crippen molar-refractivity contribution in [2.24, 2.45) is 16.7 Å². The first-order valence-electron chi connectivity index (χ1n) is 21.9. The van der Waals surface area contributed by atoms with Crippen LogP contribution in [0.3, 0.4) is 0 Å². The molecule has 1 fully saturated rings. The number of nitrogens with one attached hydrogen (secondary N) is 3. The fourth-order valence-electron chi connectivity index (χ4n) is 8.77. The Morgan fingerprint density at radius 1 is 0.869 bits per heavy atom. The lowest BCUT2D eigenvalue weighted by molar-refractivity contribution is -0.157. The van der Waals surface area contributed by atoms with Crippen LogP contribution in [0.4, 0.5) is 0 Å². The highest BCUT2D eigenvalue weighted by Gasteiger charge is 2.49. The van der Waals surface area contributed by atoms with E-state index in [4.69, 9.17) is 30.2 Å². The second kappa shape index (κ2) is 20.6. The number of rotatable bonds is 13. The lowest BCUT2D eigenvalue weighted by atomic mass is 9.82. The van der Waals surface area contributed by atoms with Gasteiger partial charge in [0.25, 0.3) is 0 Å². The molecule has 0 aliphatic carbocycles. The molecule has 1 unspecified atom stereocenters. The fourth-order valence-corrected chi connectivity index (χ4v) is 14.5. The molecule has 2 aliphatic heterocycles. The van der Waals surface area contributed by atoms with E-state index in [1.54, 1.807) is 45.0 Å². The fraction of sp³-hybridized carbons (Fsp3) is 0.625. The van der Waals surface area contributed by atoms with E-state index in [0.717, 1.165) is 11.1 Å². The topological polar surface area (TPSA) is 145 Å². The molecule has 0 spiro atoms. The minimum Gasteiger partial charge on any atom is -0.495 e. The molecular formula is C48H72ClN3O8Si. The van der Waals surface area contributed by atoms with Crippen molar-refractivity contribution in [1.29, 1.82) is 0 Å². The van der Waals surface area contributed by atoms with Crippen LogP contribution in [0.25, 0.3) is 0 Å². The summed E-state index contributed by atoms with van der Waals surface area (Å²) in [6, 6.07) is 10.9. The van der Waals surface area contributed by atoms with Crippen LogP contribution in [-0.2, 0) is 46.1 Å². The Morgan fingerprint density at radius 3 is 2.03 bits per heavy atom. The van der Waals surface area contributed by atoms with Gasteiger partial charge in [-0.1, -0.05) is 117 Å². The highest BCUT2D eigenvalue weighted by molar-refractivity contribution is 6.77. The molecule has 3 N–H and O–H groups in total. The largest absolute Gasteiger partial charge is 0.495 e. The molecule has 2 heterocycles. The number of halogens is 1. The number of carbonyl (C=O) groups excluding carboxylic acids is 4. The van der Waals surface area contributed by atoms with Crippen LogP contribution >= 0.6 is 11.6 Å². The molecule has 7 atom stereocenters. The monoisotopic (exact) mass is 881 g/mol. The maximum absolute atomic E-state index is 14.1. The molecule has 4 rings (SSSR count). The van der Waals surface area contributed by atoms with Crippen LogP contribution in [0, 0.1) is 16.7 Å². The van der Waals surface area contributed by atoms with Crippen molar-refractivity contribution in [2.45, 2.75) is 169 Å². The average molecular weight is 883 g/mol. The van der Waals surface area contributed by atoms with Crippen molar-refractivity contribution in [2.75, 3.05) is 7.11 Å². The van der Waals surface area contributed by atoms with Crippen LogP contribution < -0.4 is 20.7 Å². The molecule has 1 saturated heterocycles. The minimum absolute atomic E-state index is 0.129. The van der Waals surface area contributed by atoms with Crippen molar-refractivity contribution >= 4 is 43.6 Å². The number of amides is 3. The number of epoxide rings is 1. The van der Waals surface area contributed by atoms with Crippen LogP contribution in [-0.4, -0.2) is 69.5 Å². The number of ether oxygens (including phenoxy) is 3. The van der Waals surface area contributed by atoms with Crippen molar-refractivity contribution in [3.63, 3.8) is 0 Å². The third kappa shape index (κ3) is 12.7. The summed E-state index contributed by atoms with van der Waals surface area (Å²) in [6.07, 6.45) is 2.50. The number of benzene rings is 2. The van der Waals surface area contributed by atoms with E-state index in [2.05, 4.69) is 81.8 Å². The van der Waals surface area contributed by atoms with Gasteiger partial charge < -0.3 is 34.6 Å². The summed E-state index contributed by atoms with van der Waals surface area (Å²) >= 11 is 6.41. The van der Waals surface area contributed by atoms with Gasteiger partial charge in [-0.05, 0) is 84.1 Å². The van der Waals surface area contributed by atoms with Crippen molar-refractivity contribution in [3.8, 4) is 5.75 Å². The van der Waals surface area contributed by atoms with Gasteiger partial charge in [0.05, 0.1) is 30.3 Å². The molecule has 338 valence electrons. The highest BCUT2D eigenvalue weighted by Crippen LogP contribution is 2.46. The molecule has 0 radical (unpaired) electrons. The van der Waals surface area contributed by atoms with E-state index in [1.165, 1.54) is 13.2 Å². The molecule has 13 heteroatoms. The summed E-state index contributed by atoms with van der Waals surface area (Å²) in [5.74, 6) is -1.75. The standard InChI is InChI=1S/C48H72ClN3O8Si/c1-28(2)61(29(3)4,30(5)6)58-27-33-18-21-35(22-19-33)43-42(60-43)31(7)39-16-15-17-41(53)51-37(25-34-20-23-40(57-14)36(49)24-34)44(54)50-32(8)48(12,13)46(56)52-38(45(55)59-39)26-47(9,10)11/h15,17-24,28-32,37-39,42-43H,16,25-27H2,1-14H3,(H,50,54)(H,51,53)(H,52,56)/b17-15+/t31?,32-,37+,38-,39-,42+,43+/m0/s1. The number of hydrogen-bond acceptors (Lipinski definition) is 8. The molecular weight excluding hydrogens is 810 g/mol. The van der Waals surface area contributed by atoms with Crippen molar-refractivity contribution in [3.05, 3.63) is 76.3 Å². The highest BCUT2D eigenvalue weighted by atomic mass is 35.5. The third-order valence-electron chi connectivity index (χ3n) is 12.8. The Morgan fingerprint density at radius 2 is 1.48 bits per heavy atom. The third-order valence-corrected chi connectivity index (χ3v) is 19.1. The van der Waals surface area contributed by atoms with Gasteiger partial charge in [0.15, 0.2) is 0 Å². The van der Waals surface area contributed by atoms with E-state index in [1.807, 2.05) is 27.7 Å². The second-order valence-corrected chi connectivity index (χ2v) is 25.7. The van der Waals surface area contributed by atoms with Crippen LogP contribution in [0.2, 0.25) is 21.6 Å². The first-order valence-corrected chi connectivity index (χ1v) is 24.4. The predicted molar refractivity (Wildman–Crippen MR) is 244 cm³/mol. The summed E-state index contributed by atoms with van der Waals surface area (Å²) < 4.78 is 24.7. The molecule has 11 nitrogen and oxygen atoms in total. The van der Waals surface area contributed by atoms with E-state index in [0.29, 0.717) is 46.0 Å². The number of methoxy groups -OCH3 is 1. The number of cyclic esters (lactones) is 1. The molecule has 61 heavy (non-hydrogen) atoms. The number of esters is 1. The predicted octanol–water partition coefficient (Wildman–Crippen LogP) is 9.17. The molecule has 0 aromatic heterocycles. The second-order valence-electron chi connectivity index (χ2n) is 19.8. The zero-order valence-corrected chi connectivity index (χ0v) is 40.7. The Hall–Kier alpha value is -3.71. The zero-order valence-electron chi connectivity index (χ0n) is 38.9. The average Bonchev–Trinajstić information content (AvgIpc) is 3.97. The SMILES string of the molecule is COc1ccc(C[C@H]2NC(=O)/C=C/C[C@@H](C(C)[C@H]3O[C@@H]3c3ccc(CO[Si](C(C)C)(C(C)C)C(C)C)cc3)OC(=O)[C@H](CC(C)(C)C)NC(=O)C(C)(C)[C@H](C)NC2=O)cc1Cl. The Kier molecular flexibility index (Phi) is 16.9. The van der Waals surface area contributed by atoms with Crippen molar-refractivity contribution in [1.82, 2.24) is 16.0 Å². The summed E-state index contributed by atoms with van der Waals surface area (Å²) in [5.41, 5.74) is 2.80. The molecule has 2 aliphatic rings. The van der Waals surface area contributed by atoms with E-state index in [9.17, 15) is 19.2 Å². The Labute approximate surface area is 370 Å². The van der Waals surface area contributed by atoms with Gasteiger partial charge in [-0.3, -0.25) is 14.4 Å². The van der Waals surface area contributed by atoms with E-state index in [-0.39, 0.29) is 36.4 Å². The lowest BCUT2D eigenvalue weighted by Gasteiger charge is -2.42. The summed E-state index contributed by atoms with van der Waals surface area (Å²) in [6.45, 7) is 27.4. The van der Waals surface area contributed by atoms with Gasteiger partial charge >= 0.3 is 5.97 Å². The first kappa shape index (κ1) is 49.9. The molecule has 0 saturated carbocycles. The Bertz CT molecular complexity index is 1850. The maximum Gasteiger partial charge on any atom is 0.328 e. The molecule has 2 aromatic rings.